The average Bonchev–Trinajstić information content (AvgIpc) is 2.93. The van der Waals surface area contributed by atoms with E-state index in [1.165, 1.54) is 4.90 Å². The Bertz CT molecular complexity index is 647. The summed E-state index contributed by atoms with van der Waals surface area (Å²) in [5, 5.41) is 7.54. The molecule has 1 atom stereocenters. The predicted molar refractivity (Wildman–Crippen MR) is 90.4 cm³/mol. The Kier molecular flexibility index (Phi) is 5.33. The lowest BCUT2D eigenvalue weighted by atomic mass is 10.1. The summed E-state index contributed by atoms with van der Waals surface area (Å²) in [4.78, 5) is 19.8. The molecule has 1 N–H and O–H groups in total. The first-order valence-corrected chi connectivity index (χ1v) is 7.45. The number of aryl methyl sites for hydroxylation is 1. The SMILES string of the molecule is CN(C)C(=O)c1ccc(NCC(c2cnn(C)c2)N(C)C)nc1. The van der Waals surface area contributed by atoms with Crippen LogP contribution in [0.15, 0.2) is 30.7 Å². The topological polar surface area (TPSA) is 66.3 Å². The van der Waals surface area contributed by atoms with E-state index in [0.29, 0.717) is 12.1 Å². The quantitative estimate of drug-likeness (QED) is 0.868. The lowest BCUT2D eigenvalue weighted by molar-refractivity contribution is 0.0827. The maximum Gasteiger partial charge on any atom is 0.254 e. The number of hydrogen-bond acceptors (Lipinski definition) is 5. The Balaban J connectivity index is 2.02. The minimum atomic E-state index is -0.0504. The van der Waals surface area contributed by atoms with E-state index in [9.17, 15) is 4.79 Å². The number of likely N-dealkylation sites (N-methyl/N-ethyl adjacent to an activating group) is 1. The highest BCUT2D eigenvalue weighted by molar-refractivity contribution is 5.93. The number of pyridine rings is 1. The molecule has 2 rings (SSSR count). The third kappa shape index (κ3) is 4.29. The summed E-state index contributed by atoms with van der Waals surface area (Å²) in [5.74, 6) is 0.696. The molecule has 0 saturated carbocycles. The van der Waals surface area contributed by atoms with Crippen LogP contribution >= 0.6 is 0 Å². The second kappa shape index (κ2) is 7.23. The van der Waals surface area contributed by atoms with Crippen LogP contribution in [0.5, 0.6) is 0 Å². The molecule has 0 aliphatic rings. The van der Waals surface area contributed by atoms with E-state index < -0.39 is 0 Å². The molecule has 1 amide bonds. The van der Waals surface area contributed by atoms with Gasteiger partial charge in [0, 0.05) is 45.6 Å². The number of aromatic nitrogens is 3. The average molecular weight is 316 g/mol. The lowest BCUT2D eigenvalue weighted by Gasteiger charge is -2.23. The van der Waals surface area contributed by atoms with Crippen LogP contribution in [-0.2, 0) is 7.05 Å². The van der Waals surface area contributed by atoms with E-state index in [1.807, 2.05) is 39.6 Å². The zero-order valence-electron chi connectivity index (χ0n) is 14.3. The van der Waals surface area contributed by atoms with Crippen LogP contribution in [0.2, 0.25) is 0 Å². The minimum Gasteiger partial charge on any atom is -0.368 e. The first kappa shape index (κ1) is 17.0. The van der Waals surface area contributed by atoms with Gasteiger partial charge >= 0.3 is 0 Å². The number of nitrogens with one attached hydrogen (secondary N) is 1. The Morgan fingerprint density at radius 3 is 2.48 bits per heavy atom. The van der Waals surface area contributed by atoms with Gasteiger partial charge in [0.05, 0.1) is 17.8 Å². The van der Waals surface area contributed by atoms with E-state index in [2.05, 4.69) is 20.3 Å². The number of amides is 1. The van der Waals surface area contributed by atoms with Crippen LogP contribution in [0.1, 0.15) is 22.0 Å². The molecule has 23 heavy (non-hydrogen) atoms. The van der Waals surface area contributed by atoms with Crippen LogP contribution < -0.4 is 5.32 Å². The molecule has 0 aromatic carbocycles. The molecular formula is C16H24N6O. The normalized spacial score (nSPS) is 12.3. The second-order valence-corrected chi connectivity index (χ2v) is 5.94. The van der Waals surface area contributed by atoms with Crippen LogP contribution in [0.4, 0.5) is 5.82 Å². The maximum absolute atomic E-state index is 11.8. The van der Waals surface area contributed by atoms with Crippen molar-refractivity contribution in [3.8, 4) is 0 Å². The van der Waals surface area contributed by atoms with Crippen LogP contribution in [0, 0.1) is 0 Å². The van der Waals surface area contributed by atoms with Crippen molar-refractivity contribution in [2.45, 2.75) is 6.04 Å². The summed E-state index contributed by atoms with van der Waals surface area (Å²) in [6, 6.07) is 3.80. The van der Waals surface area contributed by atoms with Crippen molar-refractivity contribution in [1.82, 2.24) is 24.6 Å². The van der Waals surface area contributed by atoms with Crippen molar-refractivity contribution < 1.29 is 4.79 Å². The summed E-state index contributed by atoms with van der Waals surface area (Å²) in [6.45, 7) is 0.701. The molecule has 2 aromatic rings. The molecule has 0 fully saturated rings. The molecule has 0 aliphatic heterocycles. The highest BCUT2D eigenvalue weighted by atomic mass is 16.2. The van der Waals surface area contributed by atoms with E-state index in [0.717, 1.165) is 11.4 Å². The molecule has 2 heterocycles. The Labute approximate surface area is 136 Å². The van der Waals surface area contributed by atoms with Crippen molar-refractivity contribution in [3.63, 3.8) is 0 Å². The zero-order chi connectivity index (χ0) is 17.0. The van der Waals surface area contributed by atoms with Crippen LogP contribution in [0.3, 0.4) is 0 Å². The third-order valence-corrected chi connectivity index (χ3v) is 3.63. The third-order valence-electron chi connectivity index (χ3n) is 3.63. The Morgan fingerprint density at radius 2 is 2.00 bits per heavy atom. The fraction of sp³-hybridized carbons (Fsp3) is 0.438. The number of hydrogen-bond donors (Lipinski definition) is 1. The number of nitrogens with zero attached hydrogens (tertiary/aromatic N) is 5. The maximum atomic E-state index is 11.8. The number of carbonyl (C=O) groups is 1. The highest BCUT2D eigenvalue weighted by Crippen LogP contribution is 2.18. The van der Waals surface area contributed by atoms with Gasteiger partial charge in [0.1, 0.15) is 5.82 Å². The second-order valence-electron chi connectivity index (χ2n) is 5.94. The Hall–Kier alpha value is -2.41. The van der Waals surface area contributed by atoms with E-state index >= 15 is 0 Å². The molecule has 7 heteroatoms. The Morgan fingerprint density at radius 1 is 1.26 bits per heavy atom. The summed E-state index contributed by atoms with van der Waals surface area (Å²) in [5.41, 5.74) is 1.72. The lowest BCUT2D eigenvalue weighted by Crippen LogP contribution is -2.27. The predicted octanol–water partition coefficient (Wildman–Crippen LogP) is 1.23. The van der Waals surface area contributed by atoms with Gasteiger partial charge in [-0.15, -0.1) is 0 Å². The van der Waals surface area contributed by atoms with Crippen molar-refractivity contribution in [2.75, 3.05) is 40.1 Å². The molecule has 0 saturated heterocycles. The summed E-state index contributed by atoms with van der Waals surface area (Å²) in [7, 11) is 9.43. The molecule has 0 bridgehead atoms. The number of rotatable bonds is 6. The van der Waals surface area contributed by atoms with Gasteiger partial charge in [0.25, 0.3) is 5.91 Å². The van der Waals surface area contributed by atoms with E-state index in [1.54, 1.807) is 31.0 Å². The van der Waals surface area contributed by atoms with Crippen LogP contribution in [0.25, 0.3) is 0 Å². The van der Waals surface area contributed by atoms with Gasteiger partial charge in [0.2, 0.25) is 0 Å². The van der Waals surface area contributed by atoms with Gasteiger partial charge in [-0.1, -0.05) is 0 Å². The zero-order valence-corrected chi connectivity index (χ0v) is 14.3. The number of anilines is 1. The first-order valence-electron chi connectivity index (χ1n) is 7.45. The monoisotopic (exact) mass is 316 g/mol. The largest absolute Gasteiger partial charge is 0.368 e. The molecule has 2 aromatic heterocycles. The van der Waals surface area contributed by atoms with Crippen molar-refractivity contribution in [1.29, 1.82) is 0 Å². The van der Waals surface area contributed by atoms with E-state index in [4.69, 9.17) is 0 Å². The molecule has 1 unspecified atom stereocenters. The molecule has 124 valence electrons. The fourth-order valence-corrected chi connectivity index (χ4v) is 2.30. The summed E-state index contributed by atoms with van der Waals surface area (Å²) < 4.78 is 1.80. The van der Waals surface area contributed by atoms with Gasteiger partial charge in [-0.2, -0.15) is 5.10 Å². The van der Waals surface area contributed by atoms with Crippen LogP contribution in [-0.4, -0.2) is 65.2 Å². The first-order chi connectivity index (χ1) is 10.9. The highest BCUT2D eigenvalue weighted by Gasteiger charge is 2.16. The van der Waals surface area contributed by atoms with Gasteiger partial charge < -0.3 is 15.1 Å². The molecule has 0 radical (unpaired) electrons. The molecule has 0 aliphatic carbocycles. The molecular weight excluding hydrogens is 292 g/mol. The van der Waals surface area contributed by atoms with Crippen molar-refractivity contribution in [3.05, 3.63) is 41.9 Å². The number of carbonyl (C=O) groups excluding carboxylic acids is 1. The van der Waals surface area contributed by atoms with Gasteiger partial charge in [-0.05, 0) is 26.2 Å². The van der Waals surface area contributed by atoms with Gasteiger partial charge in [-0.3, -0.25) is 9.48 Å². The van der Waals surface area contributed by atoms with Gasteiger partial charge in [0.15, 0.2) is 0 Å². The summed E-state index contributed by atoms with van der Waals surface area (Å²) >= 11 is 0. The summed E-state index contributed by atoms with van der Waals surface area (Å²) in [6.07, 6.45) is 5.48. The van der Waals surface area contributed by atoms with Gasteiger partial charge in [-0.25, -0.2) is 4.98 Å². The van der Waals surface area contributed by atoms with Crippen molar-refractivity contribution >= 4 is 11.7 Å². The molecule has 0 spiro atoms. The van der Waals surface area contributed by atoms with Crippen molar-refractivity contribution in [2.24, 2.45) is 7.05 Å². The molecule has 7 nitrogen and oxygen atoms in total. The standard InChI is InChI=1S/C16H24N6O/c1-20(2)14(13-9-19-22(5)11-13)10-18-15-7-6-12(8-17-15)16(23)21(3)4/h6-9,11,14H,10H2,1-5H3,(H,17,18). The fourth-order valence-electron chi connectivity index (χ4n) is 2.30. The minimum absolute atomic E-state index is 0.0504. The smallest absolute Gasteiger partial charge is 0.254 e. The van der Waals surface area contributed by atoms with E-state index in [-0.39, 0.29) is 11.9 Å².